The molecule has 3 aliphatic rings. The summed E-state index contributed by atoms with van der Waals surface area (Å²) in [6, 6.07) is 2.15. The Bertz CT molecular complexity index is 968. The normalized spacial score (nSPS) is 29.9. The molecule has 3 fully saturated rings. The molecule has 0 bridgehead atoms. The second-order valence-corrected chi connectivity index (χ2v) is 9.01. The minimum atomic E-state index is -0.649. The minimum Gasteiger partial charge on any atom is -0.355 e. The molecule has 2 aromatic heterocycles. The molecule has 3 N–H and O–H groups in total. The first kappa shape index (κ1) is 20.6. The zero-order chi connectivity index (χ0) is 21.7. The topological polar surface area (TPSA) is 104 Å². The average molecular weight is 429 g/mol. The van der Waals surface area contributed by atoms with Crippen LogP contribution in [0.4, 0.5) is 5.82 Å². The molecule has 4 atom stereocenters. The highest BCUT2D eigenvalue weighted by atomic mass is 16.6. The molecule has 0 radical (unpaired) electrons. The molecular formula is C21H32N8O2. The Morgan fingerprint density at radius 2 is 2.13 bits per heavy atom. The molecule has 31 heavy (non-hydrogen) atoms. The SMILES string of the molecule is Cc1cn2nc([C@@H]3CCCCN3C(=O)C3NN(C)C(C)O3)cc2nc1N1CC[C@H](N)C1. The number of ether oxygens (including phenoxy) is 1. The number of carbonyl (C=O) groups is 1. The van der Waals surface area contributed by atoms with Crippen molar-refractivity contribution >= 4 is 17.4 Å². The number of anilines is 1. The molecule has 0 spiro atoms. The highest BCUT2D eigenvalue weighted by molar-refractivity contribution is 5.81. The fraction of sp³-hybridized carbons (Fsp3) is 0.667. The van der Waals surface area contributed by atoms with Crippen LogP contribution in [-0.4, -0.2) is 75.6 Å². The van der Waals surface area contributed by atoms with E-state index in [1.54, 1.807) is 0 Å². The van der Waals surface area contributed by atoms with Crippen LogP contribution in [-0.2, 0) is 9.53 Å². The van der Waals surface area contributed by atoms with Crippen molar-refractivity contribution in [2.45, 2.75) is 64.1 Å². The van der Waals surface area contributed by atoms with Gasteiger partial charge in [0.25, 0.3) is 5.91 Å². The van der Waals surface area contributed by atoms with Gasteiger partial charge in [-0.3, -0.25) is 4.79 Å². The quantitative estimate of drug-likeness (QED) is 0.739. The lowest BCUT2D eigenvalue weighted by Crippen LogP contribution is -2.49. The van der Waals surface area contributed by atoms with E-state index in [9.17, 15) is 4.79 Å². The molecule has 3 aliphatic heterocycles. The first-order valence-electron chi connectivity index (χ1n) is 11.2. The molecule has 0 aromatic carbocycles. The number of aromatic nitrogens is 3. The van der Waals surface area contributed by atoms with E-state index in [1.807, 2.05) is 40.7 Å². The van der Waals surface area contributed by atoms with Crippen LogP contribution in [0.15, 0.2) is 12.3 Å². The molecule has 1 amide bonds. The van der Waals surface area contributed by atoms with Crippen LogP contribution in [0.5, 0.6) is 0 Å². The number of nitrogens with zero attached hydrogens (tertiary/aromatic N) is 6. The largest absolute Gasteiger partial charge is 0.355 e. The third kappa shape index (κ3) is 3.78. The Morgan fingerprint density at radius 3 is 2.84 bits per heavy atom. The predicted octanol–water partition coefficient (Wildman–Crippen LogP) is 0.767. The molecule has 0 aliphatic carbocycles. The van der Waals surface area contributed by atoms with Gasteiger partial charge < -0.3 is 20.3 Å². The van der Waals surface area contributed by atoms with E-state index >= 15 is 0 Å². The Kier molecular flexibility index (Phi) is 5.33. The van der Waals surface area contributed by atoms with E-state index in [4.69, 9.17) is 20.6 Å². The van der Waals surface area contributed by atoms with Crippen molar-refractivity contribution in [2.24, 2.45) is 5.73 Å². The van der Waals surface area contributed by atoms with E-state index < -0.39 is 6.23 Å². The predicted molar refractivity (Wildman–Crippen MR) is 116 cm³/mol. The maximum atomic E-state index is 13.2. The van der Waals surface area contributed by atoms with Crippen molar-refractivity contribution in [3.05, 3.63) is 23.5 Å². The lowest BCUT2D eigenvalue weighted by Gasteiger charge is -2.35. The second kappa shape index (κ2) is 8.01. The van der Waals surface area contributed by atoms with Crippen molar-refractivity contribution in [1.29, 1.82) is 0 Å². The third-order valence-corrected chi connectivity index (χ3v) is 6.70. The number of rotatable bonds is 3. The van der Waals surface area contributed by atoms with Crippen molar-refractivity contribution < 1.29 is 9.53 Å². The summed E-state index contributed by atoms with van der Waals surface area (Å²) >= 11 is 0. The molecule has 10 heteroatoms. The first-order valence-corrected chi connectivity index (χ1v) is 11.2. The van der Waals surface area contributed by atoms with Crippen LogP contribution in [0.3, 0.4) is 0 Å². The Labute approximate surface area is 182 Å². The van der Waals surface area contributed by atoms with Gasteiger partial charge in [0.15, 0.2) is 5.65 Å². The van der Waals surface area contributed by atoms with Gasteiger partial charge >= 0.3 is 0 Å². The van der Waals surface area contributed by atoms with Gasteiger partial charge in [0.05, 0.1) is 11.7 Å². The van der Waals surface area contributed by atoms with E-state index in [-0.39, 0.29) is 24.2 Å². The summed E-state index contributed by atoms with van der Waals surface area (Å²) in [5, 5.41) is 6.64. The van der Waals surface area contributed by atoms with Crippen molar-refractivity contribution in [3.63, 3.8) is 0 Å². The zero-order valence-corrected chi connectivity index (χ0v) is 18.5. The number of nitrogens with two attached hydrogens (primary N) is 1. The fourth-order valence-corrected chi connectivity index (χ4v) is 4.86. The van der Waals surface area contributed by atoms with Gasteiger partial charge in [-0.2, -0.15) is 5.10 Å². The van der Waals surface area contributed by atoms with E-state index in [2.05, 4.69) is 17.2 Å². The monoisotopic (exact) mass is 428 g/mol. The maximum Gasteiger partial charge on any atom is 0.268 e. The molecule has 3 saturated heterocycles. The molecular weight excluding hydrogens is 396 g/mol. The Balaban J connectivity index is 1.42. The standard InChI is InChI=1S/C21H32N8O2/c1-13-11-29-18(23-19(13)27-9-7-15(22)12-27)10-16(24-29)17-6-4-5-8-28(17)21(30)20-25-26(3)14(2)31-20/h10-11,14-15,17,20,25H,4-9,12,22H2,1-3H3/t14?,15-,17-,20?/m0/s1. The number of piperidine rings is 1. The van der Waals surface area contributed by atoms with Crippen LogP contribution in [0.1, 0.15) is 49.9 Å². The summed E-state index contributed by atoms with van der Waals surface area (Å²) < 4.78 is 7.63. The number of aryl methyl sites for hydroxylation is 1. The number of hydrazine groups is 1. The number of nitrogens with one attached hydrogen (secondary N) is 1. The Hall–Kier alpha value is -2.27. The molecule has 168 valence electrons. The summed E-state index contributed by atoms with van der Waals surface area (Å²) in [6.45, 7) is 6.45. The number of carbonyl (C=O) groups excluding carboxylic acids is 1. The first-order chi connectivity index (χ1) is 14.9. The van der Waals surface area contributed by atoms with Gasteiger partial charge in [0.1, 0.15) is 12.0 Å². The lowest BCUT2D eigenvalue weighted by atomic mass is 9.99. The summed E-state index contributed by atoms with van der Waals surface area (Å²) in [4.78, 5) is 22.3. The number of hydrogen-bond donors (Lipinski definition) is 2. The summed E-state index contributed by atoms with van der Waals surface area (Å²) in [7, 11) is 1.88. The number of likely N-dealkylation sites (tertiary alicyclic amines) is 1. The average Bonchev–Trinajstić information content (AvgIpc) is 3.45. The van der Waals surface area contributed by atoms with Gasteiger partial charge in [-0.05, 0) is 39.5 Å². The zero-order valence-electron chi connectivity index (χ0n) is 18.5. The molecule has 10 nitrogen and oxygen atoms in total. The molecule has 0 saturated carbocycles. The van der Waals surface area contributed by atoms with E-state index in [0.29, 0.717) is 6.54 Å². The summed E-state index contributed by atoms with van der Waals surface area (Å²) in [5.74, 6) is 0.942. The highest BCUT2D eigenvalue weighted by Gasteiger charge is 2.39. The number of amides is 1. The molecule has 5 heterocycles. The van der Waals surface area contributed by atoms with Gasteiger partial charge in [-0.1, -0.05) is 0 Å². The third-order valence-electron chi connectivity index (χ3n) is 6.70. The Morgan fingerprint density at radius 1 is 1.29 bits per heavy atom. The maximum absolute atomic E-state index is 13.2. The fourth-order valence-electron chi connectivity index (χ4n) is 4.86. The van der Waals surface area contributed by atoms with Crippen LogP contribution in [0.25, 0.3) is 5.65 Å². The summed E-state index contributed by atoms with van der Waals surface area (Å²) in [5.41, 5.74) is 12.0. The highest BCUT2D eigenvalue weighted by Crippen LogP contribution is 2.32. The van der Waals surface area contributed by atoms with Gasteiger partial charge in [-0.15, -0.1) is 0 Å². The molecule has 5 rings (SSSR count). The van der Waals surface area contributed by atoms with Crippen LogP contribution in [0, 0.1) is 6.92 Å². The van der Waals surface area contributed by atoms with Crippen molar-refractivity contribution in [3.8, 4) is 0 Å². The smallest absolute Gasteiger partial charge is 0.268 e. The summed E-state index contributed by atoms with van der Waals surface area (Å²) in [6.07, 6.45) is 5.17. The lowest BCUT2D eigenvalue weighted by molar-refractivity contribution is -0.147. The van der Waals surface area contributed by atoms with Gasteiger partial charge in [-0.25, -0.2) is 19.9 Å². The number of hydrogen-bond acceptors (Lipinski definition) is 8. The van der Waals surface area contributed by atoms with Crippen molar-refractivity contribution in [1.82, 2.24) is 29.9 Å². The minimum absolute atomic E-state index is 0.0335. The van der Waals surface area contributed by atoms with Crippen LogP contribution in [0.2, 0.25) is 0 Å². The van der Waals surface area contributed by atoms with Crippen molar-refractivity contribution in [2.75, 3.05) is 31.6 Å². The van der Waals surface area contributed by atoms with Crippen LogP contribution < -0.4 is 16.1 Å². The van der Waals surface area contributed by atoms with E-state index in [1.165, 1.54) is 0 Å². The van der Waals surface area contributed by atoms with Gasteiger partial charge in [0, 0.05) is 50.6 Å². The molecule has 2 unspecified atom stereocenters. The number of fused-ring (bicyclic) bond motifs is 1. The van der Waals surface area contributed by atoms with E-state index in [0.717, 1.165) is 61.5 Å². The van der Waals surface area contributed by atoms with Gasteiger partial charge in [0.2, 0.25) is 6.23 Å². The molecule has 2 aromatic rings. The van der Waals surface area contributed by atoms with Crippen LogP contribution >= 0.6 is 0 Å². The second-order valence-electron chi connectivity index (χ2n) is 9.01.